The molecule has 24 heavy (non-hydrogen) atoms. The van der Waals surface area contributed by atoms with Gasteiger partial charge in [0, 0.05) is 19.1 Å². The maximum absolute atomic E-state index is 12.7. The van der Waals surface area contributed by atoms with Crippen LogP contribution < -0.4 is 5.32 Å². The van der Waals surface area contributed by atoms with Crippen LogP contribution in [-0.4, -0.2) is 51.0 Å². The minimum Gasteiger partial charge on any atom is -0.379 e. The number of sulfonamides is 1. The van der Waals surface area contributed by atoms with Gasteiger partial charge in [0.2, 0.25) is 10.0 Å². The van der Waals surface area contributed by atoms with Crippen LogP contribution in [0.4, 0.5) is 0 Å². The third-order valence-electron chi connectivity index (χ3n) is 3.89. The fourth-order valence-electron chi connectivity index (χ4n) is 2.58. The molecule has 1 fully saturated rings. The van der Waals surface area contributed by atoms with E-state index < -0.39 is 10.0 Å². The van der Waals surface area contributed by atoms with Crippen LogP contribution in [0.2, 0.25) is 5.02 Å². The molecule has 134 valence electrons. The zero-order valence-electron chi connectivity index (χ0n) is 13.9. The van der Waals surface area contributed by atoms with E-state index in [9.17, 15) is 13.2 Å². The lowest BCUT2D eigenvalue weighted by atomic mass is 10.1. The van der Waals surface area contributed by atoms with E-state index in [0.29, 0.717) is 26.3 Å². The summed E-state index contributed by atoms with van der Waals surface area (Å²) in [5.41, 5.74) is 0.175. The minimum absolute atomic E-state index is 0.00178. The highest BCUT2D eigenvalue weighted by molar-refractivity contribution is 7.89. The van der Waals surface area contributed by atoms with Crippen molar-refractivity contribution < 1.29 is 17.9 Å². The Morgan fingerprint density at radius 2 is 2.04 bits per heavy atom. The van der Waals surface area contributed by atoms with Gasteiger partial charge < -0.3 is 10.1 Å². The van der Waals surface area contributed by atoms with Gasteiger partial charge in [-0.05, 0) is 31.5 Å². The number of amides is 1. The van der Waals surface area contributed by atoms with Gasteiger partial charge in [0.05, 0.1) is 28.7 Å². The van der Waals surface area contributed by atoms with Gasteiger partial charge in [-0.25, -0.2) is 8.42 Å². The van der Waals surface area contributed by atoms with Gasteiger partial charge in [-0.1, -0.05) is 24.9 Å². The Bertz CT molecular complexity index is 687. The summed E-state index contributed by atoms with van der Waals surface area (Å²) in [5.74, 6) is -0.361. The van der Waals surface area contributed by atoms with Gasteiger partial charge in [0.25, 0.3) is 5.91 Å². The van der Waals surface area contributed by atoms with Crippen LogP contribution in [0.25, 0.3) is 0 Å². The Morgan fingerprint density at radius 1 is 1.38 bits per heavy atom. The predicted octanol–water partition coefficient (Wildman–Crippen LogP) is 2.28. The maximum Gasteiger partial charge on any atom is 0.253 e. The topological polar surface area (TPSA) is 75.7 Å². The molecule has 0 aliphatic carbocycles. The first kappa shape index (κ1) is 19.2. The summed E-state index contributed by atoms with van der Waals surface area (Å²) in [4.78, 5) is 12.5. The highest BCUT2D eigenvalue weighted by atomic mass is 35.5. The molecule has 1 heterocycles. The summed E-state index contributed by atoms with van der Waals surface area (Å²) >= 11 is 6.10. The number of halogens is 1. The number of hydrogen-bond acceptors (Lipinski definition) is 4. The van der Waals surface area contributed by atoms with E-state index in [4.69, 9.17) is 16.3 Å². The largest absolute Gasteiger partial charge is 0.379 e. The van der Waals surface area contributed by atoms with Gasteiger partial charge in [0.15, 0.2) is 0 Å². The summed E-state index contributed by atoms with van der Waals surface area (Å²) in [7, 11) is -3.66. The molecule has 2 rings (SSSR count). The second kappa shape index (κ2) is 8.29. The first-order chi connectivity index (χ1) is 11.4. The van der Waals surface area contributed by atoms with Crippen molar-refractivity contribution in [3.8, 4) is 0 Å². The second-order valence-corrected chi connectivity index (χ2v) is 8.17. The predicted molar refractivity (Wildman–Crippen MR) is 92.9 cm³/mol. The number of nitrogens with zero attached hydrogens (tertiary/aromatic N) is 1. The molecule has 1 aliphatic heterocycles. The summed E-state index contributed by atoms with van der Waals surface area (Å²) in [6.45, 7) is 5.29. The molecule has 1 N–H and O–H groups in total. The zero-order chi connectivity index (χ0) is 17.7. The second-order valence-electron chi connectivity index (χ2n) is 5.82. The number of carbonyl (C=O) groups is 1. The highest BCUT2D eigenvalue weighted by Crippen LogP contribution is 2.23. The normalized spacial score (nSPS) is 17.5. The third kappa shape index (κ3) is 4.47. The molecule has 1 amide bonds. The van der Waals surface area contributed by atoms with Gasteiger partial charge in [-0.3, -0.25) is 4.79 Å². The summed E-state index contributed by atoms with van der Waals surface area (Å²) in [6.07, 6.45) is 1.79. The molecule has 1 atom stereocenters. The molecular formula is C16H23ClN2O4S. The van der Waals surface area contributed by atoms with E-state index in [-0.39, 0.29) is 27.4 Å². The van der Waals surface area contributed by atoms with E-state index in [1.165, 1.54) is 22.5 Å². The van der Waals surface area contributed by atoms with Crippen LogP contribution in [0.3, 0.4) is 0 Å². The van der Waals surface area contributed by atoms with Gasteiger partial charge in [-0.15, -0.1) is 0 Å². The molecular weight excluding hydrogens is 352 g/mol. The molecule has 8 heteroatoms. The Balaban J connectivity index is 2.26. The highest BCUT2D eigenvalue weighted by Gasteiger charge is 2.27. The average molecular weight is 375 g/mol. The van der Waals surface area contributed by atoms with Crippen LogP contribution in [0.15, 0.2) is 23.1 Å². The molecule has 0 aromatic heterocycles. The molecule has 1 aromatic carbocycles. The van der Waals surface area contributed by atoms with Crippen molar-refractivity contribution in [2.75, 3.05) is 26.3 Å². The van der Waals surface area contributed by atoms with E-state index in [2.05, 4.69) is 5.32 Å². The molecule has 0 saturated carbocycles. The number of rotatable bonds is 6. The monoisotopic (exact) mass is 374 g/mol. The quantitative estimate of drug-likeness (QED) is 0.828. The van der Waals surface area contributed by atoms with Crippen LogP contribution in [0.5, 0.6) is 0 Å². The lowest BCUT2D eigenvalue weighted by Gasteiger charge is -2.26. The van der Waals surface area contributed by atoms with Gasteiger partial charge >= 0.3 is 0 Å². The average Bonchev–Trinajstić information content (AvgIpc) is 2.56. The summed E-state index contributed by atoms with van der Waals surface area (Å²) in [6, 6.07) is 4.23. The van der Waals surface area contributed by atoms with Crippen molar-refractivity contribution in [1.82, 2.24) is 9.62 Å². The summed E-state index contributed by atoms with van der Waals surface area (Å²) in [5, 5.41) is 3.08. The molecule has 1 aromatic rings. The van der Waals surface area contributed by atoms with E-state index in [1.807, 2.05) is 13.8 Å². The van der Waals surface area contributed by atoms with Crippen molar-refractivity contribution in [1.29, 1.82) is 0 Å². The number of carbonyl (C=O) groups excluding carboxylic acids is 1. The first-order valence-corrected chi connectivity index (χ1v) is 9.86. The fourth-order valence-corrected chi connectivity index (χ4v) is 4.22. The third-order valence-corrected chi connectivity index (χ3v) is 6.11. The number of nitrogens with one attached hydrogen (secondary N) is 1. The lowest BCUT2D eigenvalue weighted by molar-refractivity contribution is 0.0730. The molecule has 0 unspecified atom stereocenters. The molecule has 0 radical (unpaired) electrons. The SMILES string of the molecule is CCC[C@@H](C)NC(=O)c1cc(S(=O)(=O)N2CCOCC2)ccc1Cl. The minimum atomic E-state index is -3.66. The Morgan fingerprint density at radius 3 is 2.67 bits per heavy atom. The van der Waals surface area contributed by atoms with E-state index in [1.54, 1.807) is 0 Å². The van der Waals surface area contributed by atoms with Crippen molar-refractivity contribution in [2.24, 2.45) is 0 Å². The Labute approximate surface area is 148 Å². The number of ether oxygens (including phenoxy) is 1. The molecule has 6 nitrogen and oxygen atoms in total. The maximum atomic E-state index is 12.7. The lowest BCUT2D eigenvalue weighted by Crippen LogP contribution is -2.40. The van der Waals surface area contributed by atoms with Crippen molar-refractivity contribution in [2.45, 2.75) is 37.6 Å². The van der Waals surface area contributed by atoms with Crippen molar-refractivity contribution in [3.05, 3.63) is 28.8 Å². The van der Waals surface area contributed by atoms with E-state index >= 15 is 0 Å². The Kier molecular flexibility index (Phi) is 6.62. The molecule has 0 bridgehead atoms. The molecule has 1 aliphatic rings. The number of morpholine rings is 1. The summed E-state index contributed by atoms with van der Waals surface area (Å²) < 4.78 is 31.9. The van der Waals surface area contributed by atoms with Gasteiger partial charge in [-0.2, -0.15) is 4.31 Å². The van der Waals surface area contributed by atoms with Crippen LogP contribution in [0, 0.1) is 0 Å². The van der Waals surface area contributed by atoms with Crippen LogP contribution >= 0.6 is 11.6 Å². The smallest absolute Gasteiger partial charge is 0.253 e. The number of benzene rings is 1. The number of hydrogen-bond donors (Lipinski definition) is 1. The van der Waals surface area contributed by atoms with Crippen molar-refractivity contribution >= 4 is 27.5 Å². The van der Waals surface area contributed by atoms with Crippen molar-refractivity contribution in [3.63, 3.8) is 0 Å². The molecule has 0 spiro atoms. The van der Waals surface area contributed by atoms with Crippen LogP contribution in [0.1, 0.15) is 37.0 Å². The standard InChI is InChI=1S/C16H23ClN2O4S/c1-3-4-12(2)18-16(20)14-11-13(5-6-15(14)17)24(21,22)19-7-9-23-10-8-19/h5-6,11-12H,3-4,7-10H2,1-2H3,(H,18,20)/t12-/m1/s1. The zero-order valence-corrected chi connectivity index (χ0v) is 15.5. The Hall–Kier alpha value is -1.15. The van der Waals surface area contributed by atoms with E-state index in [0.717, 1.165) is 12.8 Å². The van der Waals surface area contributed by atoms with Crippen LogP contribution in [-0.2, 0) is 14.8 Å². The first-order valence-electron chi connectivity index (χ1n) is 8.04. The molecule has 1 saturated heterocycles. The van der Waals surface area contributed by atoms with Gasteiger partial charge in [0.1, 0.15) is 0 Å². The fraction of sp³-hybridized carbons (Fsp3) is 0.562.